The molecule has 0 radical (unpaired) electrons. The van der Waals surface area contributed by atoms with Crippen LogP contribution in [-0.2, 0) is 4.79 Å². The van der Waals surface area contributed by atoms with Gasteiger partial charge in [-0.15, -0.1) is 0 Å². The van der Waals surface area contributed by atoms with E-state index in [-0.39, 0.29) is 12.5 Å². The lowest BCUT2D eigenvalue weighted by Crippen LogP contribution is -2.33. The first kappa shape index (κ1) is 11.4. The van der Waals surface area contributed by atoms with Crippen LogP contribution in [0.4, 0.5) is 0 Å². The molecule has 1 N–H and O–H groups in total. The summed E-state index contributed by atoms with van der Waals surface area (Å²) in [5.41, 5.74) is 0. The molecule has 1 amide bonds. The molecule has 3 nitrogen and oxygen atoms in total. The molecular formula is C9H19NO2. The fourth-order valence-corrected chi connectivity index (χ4v) is 1.21. The van der Waals surface area contributed by atoms with Gasteiger partial charge in [-0.3, -0.25) is 4.79 Å². The van der Waals surface area contributed by atoms with Crippen molar-refractivity contribution >= 4 is 5.91 Å². The Labute approximate surface area is 74.4 Å². The van der Waals surface area contributed by atoms with Crippen LogP contribution in [0.1, 0.15) is 33.1 Å². The van der Waals surface area contributed by atoms with Gasteiger partial charge in [-0.2, -0.15) is 0 Å². The molecule has 0 spiro atoms. The third-order valence-electron chi connectivity index (χ3n) is 1.80. The van der Waals surface area contributed by atoms with Crippen molar-refractivity contribution in [1.82, 2.24) is 4.90 Å². The third kappa shape index (κ3) is 5.13. The maximum absolute atomic E-state index is 10.7. The van der Waals surface area contributed by atoms with E-state index in [0.717, 1.165) is 13.1 Å². The summed E-state index contributed by atoms with van der Waals surface area (Å²) in [6.07, 6.45) is 3.68. The molecule has 0 aromatic carbocycles. The number of carbonyl (C=O) groups excluding carboxylic acids is 1. The lowest BCUT2D eigenvalue weighted by Gasteiger charge is -2.24. The van der Waals surface area contributed by atoms with Gasteiger partial charge in [-0.25, -0.2) is 0 Å². The largest absolute Gasteiger partial charge is 0.397 e. The van der Waals surface area contributed by atoms with Gasteiger partial charge in [0.2, 0.25) is 5.91 Å². The van der Waals surface area contributed by atoms with E-state index < -0.39 is 0 Å². The summed E-state index contributed by atoms with van der Waals surface area (Å²) < 4.78 is 0. The van der Waals surface area contributed by atoms with Crippen LogP contribution in [-0.4, -0.2) is 35.6 Å². The molecule has 1 aliphatic rings. The Morgan fingerprint density at radius 3 is 2.00 bits per heavy atom. The number of likely N-dealkylation sites (tertiary alicyclic amines) is 1. The van der Waals surface area contributed by atoms with Crippen molar-refractivity contribution in [2.24, 2.45) is 0 Å². The number of aliphatic hydroxyl groups excluding tert-OH is 1. The lowest BCUT2D eigenvalue weighted by molar-refractivity contribution is -0.129. The molecule has 1 aliphatic heterocycles. The number of hydrogen-bond acceptors (Lipinski definition) is 2. The molecule has 3 heteroatoms. The average Bonchev–Trinajstić information content (AvgIpc) is 2.07. The third-order valence-corrected chi connectivity index (χ3v) is 1.80. The van der Waals surface area contributed by atoms with Crippen LogP contribution < -0.4 is 0 Å². The van der Waals surface area contributed by atoms with Crippen molar-refractivity contribution < 1.29 is 9.90 Å². The van der Waals surface area contributed by atoms with Crippen molar-refractivity contribution in [2.75, 3.05) is 19.7 Å². The van der Waals surface area contributed by atoms with Gasteiger partial charge in [0.05, 0.1) is 0 Å². The molecule has 0 atom stereocenters. The molecular weight excluding hydrogens is 154 g/mol. The summed E-state index contributed by atoms with van der Waals surface area (Å²) in [5, 5.41) is 7.57. The predicted octanol–water partition coefficient (Wildman–Crippen LogP) is 1.02. The van der Waals surface area contributed by atoms with Crippen LogP contribution in [0.25, 0.3) is 0 Å². The summed E-state index contributed by atoms with van der Waals surface area (Å²) >= 11 is 0. The first-order valence-electron chi connectivity index (χ1n) is 4.58. The smallest absolute Gasteiger partial charge is 0.219 e. The van der Waals surface area contributed by atoms with Crippen molar-refractivity contribution in [1.29, 1.82) is 0 Å². The molecule has 1 saturated heterocycles. The fourth-order valence-electron chi connectivity index (χ4n) is 1.21. The van der Waals surface area contributed by atoms with Crippen molar-refractivity contribution in [3.8, 4) is 0 Å². The lowest BCUT2D eigenvalue weighted by atomic mass is 10.1. The van der Waals surface area contributed by atoms with Gasteiger partial charge in [0.15, 0.2) is 0 Å². The maximum atomic E-state index is 10.7. The number of nitrogens with zero attached hydrogens (tertiary/aromatic N) is 1. The maximum Gasteiger partial charge on any atom is 0.219 e. The molecule has 12 heavy (non-hydrogen) atoms. The van der Waals surface area contributed by atoms with Crippen LogP contribution in [0, 0.1) is 0 Å². The highest BCUT2D eigenvalue weighted by Gasteiger charge is 2.10. The summed E-state index contributed by atoms with van der Waals surface area (Å²) in [7, 11) is 0. The van der Waals surface area contributed by atoms with E-state index in [1.165, 1.54) is 19.3 Å². The molecule has 1 heterocycles. The Balaban J connectivity index is 0.000000354. The SMILES string of the molecule is CC(=O)N1CCCCC1.CCO. The monoisotopic (exact) mass is 173 g/mol. The van der Waals surface area contributed by atoms with E-state index in [0.29, 0.717) is 0 Å². The number of amides is 1. The Bertz CT molecular complexity index is 120. The molecule has 0 bridgehead atoms. The van der Waals surface area contributed by atoms with E-state index in [4.69, 9.17) is 5.11 Å². The van der Waals surface area contributed by atoms with Gasteiger partial charge in [-0.1, -0.05) is 0 Å². The number of aliphatic hydroxyl groups is 1. The van der Waals surface area contributed by atoms with E-state index in [9.17, 15) is 4.79 Å². The number of rotatable bonds is 0. The highest BCUT2D eigenvalue weighted by molar-refractivity contribution is 5.73. The molecule has 0 aliphatic carbocycles. The van der Waals surface area contributed by atoms with Gasteiger partial charge in [0.1, 0.15) is 0 Å². The minimum absolute atomic E-state index is 0.231. The molecule has 0 unspecified atom stereocenters. The minimum atomic E-state index is 0.231. The average molecular weight is 173 g/mol. The van der Waals surface area contributed by atoms with Crippen LogP contribution in [0.3, 0.4) is 0 Å². The van der Waals surface area contributed by atoms with Gasteiger partial charge in [-0.05, 0) is 26.2 Å². The Morgan fingerprint density at radius 2 is 1.75 bits per heavy atom. The Kier molecular flexibility index (Phi) is 6.76. The first-order chi connectivity index (χ1) is 5.72. The van der Waals surface area contributed by atoms with Crippen LogP contribution in [0.2, 0.25) is 0 Å². The van der Waals surface area contributed by atoms with Crippen LogP contribution in [0.15, 0.2) is 0 Å². The second-order valence-electron chi connectivity index (χ2n) is 2.88. The molecule has 72 valence electrons. The van der Waals surface area contributed by atoms with Gasteiger partial charge in [0, 0.05) is 26.6 Å². The zero-order valence-corrected chi connectivity index (χ0v) is 8.05. The Morgan fingerprint density at radius 1 is 1.33 bits per heavy atom. The second kappa shape index (κ2) is 7.10. The summed E-state index contributed by atoms with van der Waals surface area (Å²) in [5.74, 6) is 0.231. The van der Waals surface area contributed by atoms with E-state index in [2.05, 4.69) is 0 Å². The van der Waals surface area contributed by atoms with E-state index >= 15 is 0 Å². The number of carbonyl (C=O) groups is 1. The normalized spacial score (nSPS) is 16.4. The van der Waals surface area contributed by atoms with Gasteiger partial charge < -0.3 is 10.0 Å². The molecule has 1 fully saturated rings. The van der Waals surface area contributed by atoms with Crippen LogP contribution >= 0.6 is 0 Å². The number of hydrogen-bond donors (Lipinski definition) is 1. The van der Waals surface area contributed by atoms with E-state index in [1.54, 1.807) is 13.8 Å². The first-order valence-corrected chi connectivity index (χ1v) is 4.58. The second-order valence-corrected chi connectivity index (χ2v) is 2.88. The highest BCUT2D eigenvalue weighted by atomic mass is 16.2. The van der Waals surface area contributed by atoms with Gasteiger partial charge in [0.25, 0.3) is 0 Å². The predicted molar refractivity (Wildman–Crippen MR) is 48.9 cm³/mol. The topological polar surface area (TPSA) is 40.5 Å². The molecule has 1 rings (SSSR count). The number of piperidine rings is 1. The van der Waals surface area contributed by atoms with E-state index in [1.807, 2.05) is 4.90 Å². The zero-order valence-electron chi connectivity index (χ0n) is 8.05. The molecule has 0 aromatic rings. The van der Waals surface area contributed by atoms with Crippen LogP contribution in [0.5, 0.6) is 0 Å². The Hall–Kier alpha value is -0.570. The zero-order chi connectivity index (χ0) is 9.40. The highest BCUT2D eigenvalue weighted by Crippen LogP contribution is 2.07. The standard InChI is InChI=1S/C7H13NO.C2H6O/c1-7(9)8-5-3-2-4-6-8;1-2-3/h2-6H2,1H3;3H,2H2,1H3. The summed E-state index contributed by atoms with van der Waals surface area (Å²) in [4.78, 5) is 12.6. The molecule has 0 aromatic heterocycles. The fraction of sp³-hybridized carbons (Fsp3) is 0.889. The van der Waals surface area contributed by atoms with Crippen molar-refractivity contribution in [3.05, 3.63) is 0 Å². The summed E-state index contributed by atoms with van der Waals surface area (Å²) in [6, 6.07) is 0. The quantitative estimate of drug-likeness (QED) is 0.594. The van der Waals surface area contributed by atoms with Crippen molar-refractivity contribution in [3.63, 3.8) is 0 Å². The minimum Gasteiger partial charge on any atom is -0.397 e. The van der Waals surface area contributed by atoms with Gasteiger partial charge >= 0.3 is 0 Å². The van der Waals surface area contributed by atoms with Crippen molar-refractivity contribution in [2.45, 2.75) is 33.1 Å². The summed E-state index contributed by atoms with van der Waals surface area (Å²) in [6.45, 7) is 5.54. The molecule has 0 saturated carbocycles.